The summed E-state index contributed by atoms with van der Waals surface area (Å²) in [5.41, 5.74) is 1.79. The van der Waals surface area contributed by atoms with E-state index in [4.69, 9.17) is 16.3 Å². The average molecular weight is 292 g/mol. The van der Waals surface area contributed by atoms with Crippen molar-refractivity contribution in [1.82, 2.24) is 4.98 Å². The van der Waals surface area contributed by atoms with Gasteiger partial charge in [-0.1, -0.05) is 11.6 Å². The molecule has 94 valence electrons. The van der Waals surface area contributed by atoms with Gasteiger partial charge in [0, 0.05) is 11.6 Å². The fourth-order valence-corrected chi connectivity index (χ4v) is 2.89. The Hall–Kier alpha value is -1.27. The van der Waals surface area contributed by atoms with Crippen molar-refractivity contribution >= 4 is 22.9 Å². The van der Waals surface area contributed by atoms with Crippen molar-refractivity contribution in [2.24, 2.45) is 0 Å². The van der Waals surface area contributed by atoms with E-state index in [0.717, 1.165) is 6.07 Å². The van der Waals surface area contributed by atoms with E-state index in [9.17, 15) is 13.2 Å². The molecule has 0 aliphatic carbocycles. The molecular formula is C11H5ClF3NOS. The zero-order valence-corrected chi connectivity index (χ0v) is 10.3. The SMILES string of the molecule is FC(F)(F)c1cc2c(cc1Cl)OCc1ncsc1-2. The van der Waals surface area contributed by atoms with Crippen molar-refractivity contribution in [1.29, 1.82) is 0 Å². The van der Waals surface area contributed by atoms with E-state index < -0.39 is 11.7 Å². The van der Waals surface area contributed by atoms with Gasteiger partial charge in [0.1, 0.15) is 12.4 Å². The van der Waals surface area contributed by atoms with E-state index in [-0.39, 0.29) is 11.6 Å². The molecule has 3 rings (SSSR count). The minimum Gasteiger partial charge on any atom is -0.487 e. The second kappa shape index (κ2) is 3.86. The van der Waals surface area contributed by atoms with Crippen LogP contribution in [0, 0.1) is 0 Å². The molecule has 0 N–H and O–H groups in total. The van der Waals surface area contributed by atoms with E-state index in [1.54, 1.807) is 5.51 Å². The Kier molecular flexibility index (Phi) is 2.53. The minimum absolute atomic E-state index is 0.257. The van der Waals surface area contributed by atoms with Gasteiger partial charge in [-0.25, -0.2) is 4.98 Å². The third-order valence-corrected chi connectivity index (χ3v) is 3.84. The smallest absolute Gasteiger partial charge is 0.417 e. The fourth-order valence-electron chi connectivity index (χ4n) is 1.81. The molecule has 18 heavy (non-hydrogen) atoms. The van der Waals surface area contributed by atoms with Gasteiger partial charge in [-0.3, -0.25) is 0 Å². The standard InChI is InChI=1S/C11H5ClF3NOS/c12-7-2-9-5(1-6(7)11(13,14)15)10-8(3-17-9)16-4-18-10/h1-2,4H,3H2. The maximum absolute atomic E-state index is 12.8. The van der Waals surface area contributed by atoms with Crippen LogP contribution in [0.4, 0.5) is 13.2 Å². The first-order valence-corrected chi connectivity index (χ1v) is 6.19. The summed E-state index contributed by atoms with van der Waals surface area (Å²) >= 11 is 6.93. The van der Waals surface area contributed by atoms with Crippen LogP contribution in [0.25, 0.3) is 10.4 Å². The van der Waals surface area contributed by atoms with Crippen LogP contribution >= 0.6 is 22.9 Å². The number of ether oxygens (including phenoxy) is 1. The number of hydrogen-bond donors (Lipinski definition) is 0. The van der Waals surface area contributed by atoms with Gasteiger partial charge in [0.15, 0.2) is 0 Å². The first kappa shape index (κ1) is 11.8. The summed E-state index contributed by atoms with van der Waals surface area (Å²) in [5.74, 6) is 0.366. The first-order chi connectivity index (χ1) is 8.47. The number of rotatable bonds is 0. The highest BCUT2D eigenvalue weighted by molar-refractivity contribution is 7.13. The number of alkyl halides is 3. The molecule has 0 radical (unpaired) electrons. The molecule has 0 spiro atoms. The van der Waals surface area contributed by atoms with Crippen LogP contribution in [0.1, 0.15) is 11.3 Å². The molecule has 0 unspecified atom stereocenters. The lowest BCUT2D eigenvalue weighted by Crippen LogP contribution is -2.09. The van der Waals surface area contributed by atoms with E-state index >= 15 is 0 Å². The number of hydrogen-bond acceptors (Lipinski definition) is 3. The van der Waals surface area contributed by atoms with Gasteiger partial charge in [-0.2, -0.15) is 13.2 Å². The molecule has 0 fully saturated rings. The van der Waals surface area contributed by atoms with Gasteiger partial charge in [0.25, 0.3) is 0 Å². The minimum atomic E-state index is -4.48. The largest absolute Gasteiger partial charge is 0.487 e. The maximum atomic E-state index is 12.8. The topological polar surface area (TPSA) is 22.1 Å². The van der Waals surface area contributed by atoms with E-state index in [1.165, 1.54) is 17.4 Å². The van der Waals surface area contributed by atoms with Crippen molar-refractivity contribution in [2.75, 3.05) is 0 Å². The number of nitrogens with zero attached hydrogens (tertiary/aromatic N) is 1. The summed E-state index contributed by atoms with van der Waals surface area (Å²) in [6, 6.07) is 2.23. The molecule has 0 saturated heterocycles. The van der Waals surface area contributed by atoms with Gasteiger partial charge in [0.2, 0.25) is 0 Å². The number of benzene rings is 1. The predicted molar refractivity (Wildman–Crippen MR) is 61.9 cm³/mol. The Bertz CT molecular complexity index is 623. The molecule has 1 aromatic carbocycles. The average Bonchev–Trinajstić information content (AvgIpc) is 2.74. The molecule has 2 heterocycles. The third-order valence-electron chi connectivity index (χ3n) is 2.62. The molecular weight excluding hydrogens is 287 g/mol. The lowest BCUT2D eigenvalue weighted by molar-refractivity contribution is -0.137. The lowest BCUT2D eigenvalue weighted by atomic mass is 10.0. The summed E-state index contributed by atoms with van der Waals surface area (Å²) in [5, 5.41) is -0.353. The molecule has 0 amide bonds. The molecule has 0 saturated carbocycles. The van der Waals surface area contributed by atoms with Crippen molar-refractivity contribution in [3.8, 4) is 16.2 Å². The van der Waals surface area contributed by atoms with E-state index in [1.807, 2.05) is 0 Å². The maximum Gasteiger partial charge on any atom is 0.417 e. The molecule has 0 bridgehead atoms. The summed E-state index contributed by atoms with van der Waals surface area (Å²) in [7, 11) is 0. The highest BCUT2D eigenvalue weighted by Crippen LogP contribution is 2.45. The summed E-state index contributed by atoms with van der Waals surface area (Å²) in [4.78, 5) is 4.76. The molecule has 1 aromatic heterocycles. The third kappa shape index (κ3) is 1.76. The van der Waals surface area contributed by atoms with Crippen LogP contribution in [0.15, 0.2) is 17.6 Å². The van der Waals surface area contributed by atoms with Crippen molar-refractivity contribution in [3.63, 3.8) is 0 Å². The number of fused-ring (bicyclic) bond motifs is 3. The Morgan fingerprint density at radius 3 is 2.83 bits per heavy atom. The Balaban J connectivity index is 2.24. The molecule has 1 aliphatic heterocycles. The van der Waals surface area contributed by atoms with Crippen LogP contribution < -0.4 is 4.74 Å². The van der Waals surface area contributed by atoms with Gasteiger partial charge in [0.05, 0.1) is 26.7 Å². The Morgan fingerprint density at radius 2 is 2.11 bits per heavy atom. The fraction of sp³-hybridized carbons (Fsp3) is 0.182. The highest BCUT2D eigenvalue weighted by Gasteiger charge is 2.35. The highest BCUT2D eigenvalue weighted by atomic mass is 35.5. The molecule has 0 atom stereocenters. The molecule has 7 heteroatoms. The van der Waals surface area contributed by atoms with E-state index in [2.05, 4.69) is 4.98 Å². The summed E-state index contributed by atoms with van der Waals surface area (Å²) in [6.45, 7) is 0.257. The van der Waals surface area contributed by atoms with Gasteiger partial charge in [-0.15, -0.1) is 11.3 Å². The quantitative estimate of drug-likeness (QED) is 0.719. The zero-order valence-electron chi connectivity index (χ0n) is 8.71. The molecule has 1 aliphatic rings. The second-order valence-corrected chi connectivity index (χ2v) is 5.00. The Labute approximate surface area is 109 Å². The van der Waals surface area contributed by atoms with Crippen LogP contribution in [-0.4, -0.2) is 4.98 Å². The molecule has 2 aromatic rings. The van der Waals surface area contributed by atoms with Gasteiger partial charge in [-0.05, 0) is 6.07 Å². The first-order valence-electron chi connectivity index (χ1n) is 4.93. The van der Waals surface area contributed by atoms with Crippen LogP contribution in [0.5, 0.6) is 5.75 Å². The van der Waals surface area contributed by atoms with Crippen molar-refractivity contribution in [3.05, 3.63) is 33.9 Å². The van der Waals surface area contributed by atoms with Crippen LogP contribution in [0.2, 0.25) is 5.02 Å². The number of thiazole rings is 1. The van der Waals surface area contributed by atoms with Gasteiger partial charge >= 0.3 is 6.18 Å². The number of halogens is 4. The monoisotopic (exact) mass is 291 g/mol. The Morgan fingerprint density at radius 1 is 1.33 bits per heavy atom. The normalized spacial score (nSPS) is 13.8. The van der Waals surface area contributed by atoms with E-state index in [0.29, 0.717) is 21.9 Å². The summed E-state index contributed by atoms with van der Waals surface area (Å²) in [6.07, 6.45) is -4.48. The van der Waals surface area contributed by atoms with Crippen LogP contribution in [-0.2, 0) is 12.8 Å². The van der Waals surface area contributed by atoms with Crippen LogP contribution in [0.3, 0.4) is 0 Å². The zero-order chi connectivity index (χ0) is 12.9. The lowest BCUT2D eigenvalue weighted by Gasteiger charge is -2.19. The number of aromatic nitrogens is 1. The second-order valence-electron chi connectivity index (χ2n) is 3.74. The van der Waals surface area contributed by atoms with Crippen molar-refractivity contribution in [2.45, 2.75) is 12.8 Å². The van der Waals surface area contributed by atoms with Crippen molar-refractivity contribution < 1.29 is 17.9 Å². The summed E-state index contributed by atoms with van der Waals surface area (Å²) < 4.78 is 43.7. The van der Waals surface area contributed by atoms with Gasteiger partial charge < -0.3 is 4.74 Å². The molecule has 2 nitrogen and oxygen atoms in total. The predicted octanol–water partition coefficient (Wildman–Crippen LogP) is 4.37.